The summed E-state index contributed by atoms with van der Waals surface area (Å²) < 4.78 is 69.5. The number of halogens is 3. The lowest BCUT2D eigenvalue weighted by atomic mass is 9.88. The zero-order chi connectivity index (χ0) is 22.4. The first-order valence-corrected chi connectivity index (χ1v) is 11.2. The van der Waals surface area contributed by atoms with E-state index in [2.05, 4.69) is 4.90 Å². The molecule has 3 rings (SSSR count). The number of hydrogen-bond donors (Lipinski definition) is 1. The largest absolute Gasteiger partial charge is 0.490 e. The average molecular weight is 456 g/mol. The maximum absolute atomic E-state index is 12.5. The van der Waals surface area contributed by atoms with Crippen LogP contribution < -0.4 is 0 Å². The van der Waals surface area contributed by atoms with Crippen LogP contribution in [0.4, 0.5) is 13.2 Å². The van der Waals surface area contributed by atoms with Gasteiger partial charge in [0.15, 0.2) is 0 Å². The van der Waals surface area contributed by atoms with E-state index in [9.17, 15) is 21.6 Å². The second kappa shape index (κ2) is 10.1. The summed E-state index contributed by atoms with van der Waals surface area (Å²) in [5, 5.41) is 7.12. The first-order chi connectivity index (χ1) is 14.0. The van der Waals surface area contributed by atoms with Crippen LogP contribution in [0.3, 0.4) is 0 Å². The molecular weight excluding hydrogens is 429 g/mol. The summed E-state index contributed by atoms with van der Waals surface area (Å²) in [5.41, 5.74) is -0.0933. The topological polar surface area (TPSA) is 100 Å². The van der Waals surface area contributed by atoms with Gasteiger partial charge in [0.25, 0.3) is 0 Å². The Labute approximate surface area is 173 Å². The van der Waals surface area contributed by atoms with E-state index in [1.54, 1.807) is 10.6 Å². The fourth-order valence-corrected chi connectivity index (χ4v) is 5.21. The summed E-state index contributed by atoms with van der Waals surface area (Å²) in [7, 11) is -3.17. The Kier molecular flexibility index (Phi) is 8.31. The molecule has 1 atom stereocenters. The molecule has 172 valence electrons. The molecule has 0 saturated carbocycles. The summed E-state index contributed by atoms with van der Waals surface area (Å²) in [6, 6.07) is 3.88. The van der Waals surface area contributed by atoms with Gasteiger partial charge in [0.1, 0.15) is 5.76 Å². The van der Waals surface area contributed by atoms with Crippen LogP contribution in [0.15, 0.2) is 22.8 Å². The molecule has 12 heteroatoms. The van der Waals surface area contributed by atoms with Crippen molar-refractivity contribution in [3.05, 3.63) is 24.2 Å². The Morgan fingerprint density at radius 3 is 2.57 bits per heavy atom. The fraction of sp³-hybridized carbons (Fsp3) is 0.722. The third-order valence-electron chi connectivity index (χ3n) is 4.98. The summed E-state index contributed by atoms with van der Waals surface area (Å²) in [6.45, 7) is 6.66. The normalized spacial score (nSPS) is 23.7. The molecule has 0 aromatic carbocycles. The highest BCUT2D eigenvalue weighted by atomic mass is 32.2. The number of hydrogen-bond acceptors (Lipinski definition) is 6. The van der Waals surface area contributed by atoms with Crippen LogP contribution >= 0.6 is 0 Å². The molecule has 0 aliphatic carbocycles. The minimum atomic E-state index is -5.08. The molecule has 1 aromatic rings. The van der Waals surface area contributed by atoms with Gasteiger partial charge in [-0.05, 0) is 31.5 Å². The van der Waals surface area contributed by atoms with Gasteiger partial charge >= 0.3 is 12.1 Å². The minimum Gasteiger partial charge on any atom is -0.475 e. The van der Waals surface area contributed by atoms with E-state index in [0.717, 1.165) is 31.8 Å². The number of carboxylic acid groups (broad SMARTS) is 1. The molecule has 8 nitrogen and oxygen atoms in total. The van der Waals surface area contributed by atoms with Gasteiger partial charge in [0.05, 0.1) is 31.8 Å². The number of furan rings is 1. The second-order valence-corrected chi connectivity index (χ2v) is 9.63. The van der Waals surface area contributed by atoms with Crippen molar-refractivity contribution < 1.29 is 40.6 Å². The van der Waals surface area contributed by atoms with Crippen LogP contribution in [0.5, 0.6) is 0 Å². The van der Waals surface area contributed by atoms with Crippen molar-refractivity contribution in [1.82, 2.24) is 9.21 Å². The lowest BCUT2D eigenvalue weighted by Crippen LogP contribution is -2.44. The molecule has 0 radical (unpaired) electrons. The van der Waals surface area contributed by atoms with Gasteiger partial charge < -0.3 is 14.3 Å². The van der Waals surface area contributed by atoms with E-state index in [0.29, 0.717) is 32.7 Å². The molecule has 1 aromatic heterocycles. The van der Waals surface area contributed by atoms with Gasteiger partial charge in [0.2, 0.25) is 10.0 Å². The average Bonchev–Trinajstić information content (AvgIpc) is 3.22. The van der Waals surface area contributed by atoms with Crippen LogP contribution in [0.1, 0.15) is 25.5 Å². The molecular formula is C18H27F3N2O6S. The highest BCUT2D eigenvalue weighted by Crippen LogP contribution is 2.35. The standard InChI is InChI=1S/C16H26N2O4S.C2HF3O2/c1-2-10-23(19,20)18-7-9-21-14-16(13-18)5-6-17(12-16)11-15-4-3-8-22-15;3-2(4,5)1(6)7/h3-4,8H,2,5-7,9-14H2,1H3;(H,6,7). The molecule has 2 saturated heterocycles. The predicted molar refractivity (Wildman–Crippen MR) is 101 cm³/mol. The van der Waals surface area contributed by atoms with E-state index >= 15 is 0 Å². The molecule has 0 amide bonds. The van der Waals surface area contributed by atoms with E-state index in [-0.39, 0.29) is 11.2 Å². The number of likely N-dealkylation sites (tertiary alicyclic amines) is 1. The molecule has 2 aliphatic heterocycles. The molecule has 1 spiro atoms. The summed E-state index contributed by atoms with van der Waals surface area (Å²) in [6.07, 6.45) is -1.78. The van der Waals surface area contributed by atoms with Gasteiger partial charge in [0, 0.05) is 25.0 Å². The Morgan fingerprint density at radius 1 is 1.30 bits per heavy atom. The number of sulfonamides is 1. The van der Waals surface area contributed by atoms with Crippen LogP contribution in [-0.4, -0.2) is 80.0 Å². The fourth-order valence-electron chi connectivity index (χ4n) is 3.61. The Bertz CT molecular complexity index is 784. The number of carboxylic acids is 1. The smallest absolute Gasteiger partial charge is 0.475 e. The first kappa shape index (κ1) is 24.6. The van der Waals surface area contributed by atoms with Crippen molar-refractivity contribution in [2.45, 2.75) is 32.5 Å². The molecule has 2 fully saturated rings. The molecule has 30 heavy (non-hydrogen) atoms. The Hall–Kier alpha value is -1.63. The van der Waals surface area contributed by atoms with Crippen molar-refractivity contribution >= 4 is 16.0 Å². The van der Waals surface area contributed by atoms with Crippen molar-refractivity contribution in [3.63, 3.8) is 0 Å². The molecule has 1 unspecified atom stereocenters. The Morgan fingerprint density at radius 2 is 2.00 bits per heavy atom. The Balaban J connectivity index is 0.000000396. The summed E-state index contributed by atoms with van der Waals surface area (Å²) in [5.74, 6) is -1.58. The van der Waals surface area contributed by atoms with Gasteiger partial charge in [-0.1, -0.05) is 6.92 Å². The maximum atomic E-state index is 12.5. The summed E-state index contributed by atoms with van der Waals surface area (Å²) in [4.78, 5) is 11.2. The molecule has 0 bridgehead atoms. The second-order valence-electron chi connectivity index (χ2n) is 7.55. The monoisotopic (exact) mass is 456 g/mol. The lowest BCUT2D eigenvalue weighted by molar-refractivity contribution is -0.192. The van der Waals surface area contributed by atoms with E-state index < -0.39 is 22.2 Å². The van der Waals surface area contributed by atoms with Crippen LogP contribution in [-0.2, 0) is 26.1 Å². The van der Waals surface area contributed by atoms with E-state index in [4.69, 9.17) is 19.1 Å². The first-order valence-electron chi connectivity index (χ1n) is 9.58. The zero-order valence-corrected chi connectivity index (χ0v) is 17.5. The number of nitrogens with zero attached hydrogens (tertiary/aromatic N) is 2. The zero-order valence-electron chi connectivity index (χ0n) is 16.7. The van der Waals surface area contributed by atoms with Crippen molar-refractivity contribution in [1.29, 1.82) is 0 Å². The van der Waals surface area contributed by atoms with Crippen molar-refractivity contribution in [3.8, 4) is 0 Å². The number of aliphatic carboxylic acids is 1. The predicted octanol–water partition coefficient (Wildman–Crippen LogP) is 2.18. The third-order valence-corrected chi connectivity index (χ3v) is 7.00. The van der Waals surface area contributed by atoms with Gasteiger partial charge in [-0.2, -0.15) is 17.5 Å². The maximum Gasteiger partial charge on any atom is 0.490 e. The quantitative estimate of drug-likeness (QED) is 0.725. The van der Waals surface area contributed by atoms with Crippen LogP contribution in [0.2, 0.25) is 0 Å². The van der Waals surface area contributed by atoms with E-state index in [1.807, 2.05) is 19.1 Å². The third kappa shape index (κ3) is 6.96. The van der Waals surface area contributed by atoms with Crippen molar-refractivity contribution in [2.75, 3.05) is 45.1 Å². The summed E-state index contributed by atoms with van der Waals surface area (Å²) >= 11 is 0. The van der Waals surface area contributed by atoms with Gasteiger partial charge in [-0.15, -0.1) is 0 Å². The number of rotatable bonds is 5. The highest BCUT2D eigenvalue weighted by molar-refractivity contribution is 7.89. The molecule has 2 aliphatic rings. The molecule has 3 heterocycles. The van der Waals surface area contributed by atoms with Gasteiger partial charge in [-0.3, -0.25) is 4.90 Å². The van der Waals surface area contributed by atoms with E-state index in [1.165, 1.54) is 0 Å². The number of alkyl halides is 3. The van der Waals surface area contributed by atoms with Crippen molar-refractivity contribution in [2.24, 2.45) is 5.41 Å². The van der Waals surface area contributed by atoms with Crippen LogP contribution in [0.25, 0.3) is 0 Å². The molecule has 1 N–H and O–H groups in total. The number of carbonyl (C=O) groups is 1. The lowest BCUT2D eigenvalue weighted by Gasteiger charge is -2.31. The number of ether oxygens (including phenoxy) is 1. The van der Waals surface area contributed by atoms with Gasteiger partial charge in [-0.25, -0.2) is 13.2 Å². The minimum absolute atomic E-state index is 0.0933. The van der Waals surface area contributed by atoms with Crippen LogP contribution in [0, 0.1) is 5.41 Å². The SMILES string of the molecule is CCCS(=O)(=O)N1CCOCC2(CCN(Cc3ccco3)C2)C1.O=C(O)C(F)(F)F. The highest BCUT2D eigenvalue weighted by Gasteiger charge is 2.43.